The van der Waals surface area contributed by atoms with Crippen LogP contribution in [0.3, 0.4) is 0 Å². The normalized spacial score (nSPS) is 12.3. The maximum absolute atomic E-state index is 12.7. The fourth-order valence-corrected chi connectivity index (χ4v) is 6.81. The Balaban J connectivity index is 0.000000190. The van der Waals surface area contributed by atoms with E-state index in [1.165, 1.54) is 10.5 Å². The molecule has 0 bridgehead atoms. The predicted molar refractivity (Wildman–Crippen MR) is 141 cm³/mol. The van der Waals surface area contributed by atoms with Crippen molar-refractivity contribution in [3.8, 4) is 4.90 Å². The number of alkyl halides is 6. The van der Waals surface area contributed by atoms with Crippen LogP contribution in [0.15, 0.2) is 101 Å². The molecule has 0 saturated carbocycles. The van der Waals surface area contributed by atoms with Crippen LogP contribution in [0.1, 0.15) is 16.7 Å². The van der Waals surface area contributed by atoms with E-state index < -0.39 is 38.5 Å². The summed E-state index contributed by atoms with van der Waals surface area (Å²) < 4.78 is 107. The monoisotopic (exact) mass is 596 g/mol. The minimum atomic E-state index is -5.42. The zero-order chi connectivity index (χ0) is 29.5. The minimum absolute atomic E-state index is 0.141. The summed E-state index contributed by atoms with van der Waals surface area (Å²) in [5.74, 6) is 0. The largest absolute Gasteiger partial charge is 0.744 e. The van der Waals surface area contributed by atoms with Crippen LogP contribution in [0.5, 0.6) is 0 Å². The lowest BCUT2D eigenvalue weighted by Gasteiger charge is -2.15. The topological polar surface area (TPSA) is 74.3 Å². The maximum Gasteiger partial charge on any atom is 0.416 e. The molecule has 4 nitrogen and oxygen atoms in total. The van der Waals surface area contributed by atoms with Gasteiger partial charge in [0.25, 0.3) is 0 Å². The molecule has 40 heavy (non-hydrogen) atoms. The van der Waals surface area contributed by atoms with Crippen molar-refractivity contribution >= 4 is 40.8 Å². The van der Waals surface area contributed by atoms with Crippen molar-refractivity contribution in [1.82, 2.24) is 0 Å². The first-order valence-electron chi connectivity index (χ1n) is 11.4. The van der Waals surface area contributed by atoms with Crippen LogP contribution in [0.4, 0.5) is 26.3 Å². The van der Waals surface area contributed by atoms with E-state index in [4.69, 9.17) is 0 Å². The molecule has 0 spiro atoms. The van der Waals surface area contributed by atoms with Crippen LogP contribution in [0, 0.1) is 6.92 Å². The number of halogens is 6. The summed E-state index contributed by atoms with van der Waals surface area (Å²) in [5.41, 5.74) is -2.32. The Morgan fingerprint density at radius 3 is 1.50 bits per heavy atom. The molecule has 5 aromatic rings. The third kappa shape index (κ3) is 6.19. The van der Waals surface area contributed by atoms with Crippen LogP contribution in [0.2, 0.25) is 0 Å². The molecule has 0 amide bonds. The van der Waals surface area contributed by atoms with Crippen LogP contribution < -0.4 is 5.43 Å². The number of fused-ring (bicyclic) bond motifs is 2. The van der Waals surface area contributed by atoms with Gasteiger partial charge in [-0.3, -0.25) is 4.79 Å². The van der Waals surface area contributed by atoms with Crippen LogP contribution in [-0.4, -0.2) is 13.0 Å². The maximum atomic E-state index is 12.7. The third-order valence-electron chi connectivity index (χ3n) is 5.81. The molecule has 0 fully saturated rings. The lowest BCUT2D eigenvalue weighted by atomic mass is 10.1. The molecule has 0 atom stereocenters. The molecule has 4 aromatic carbocycles. The fourth-order valence-electron chi connectivity index (χ4n) is 3.93. The molecule has 0 aliphatic rings. The van der Waals surface area contributed by atoms with E-state index in [-0.39, 0.29) is 34.1 Å². The molecule has 1 aromatic heterocycles. The fraction of sp³-hybridized carbons (Fsp3) is 0.107. The van der Waals surface area contributed by atoms with E-state index >= 15 is 0 Å². The Kier molecular flexibility index (Phi) is 7.81. The van der Waals surface area contributed by atoms with Crippen molar-refractivity contribution < 1.29 is 39.3 Å². The Labute approximate surface area is 226 Å². The highest BCUT2D eigenvalue weighted by atomic mass is 32.2. The summed E-state index contributed by atoms with van der Waals surface area (Å²) in [7, 11) is -5.63. The van der Waals surface area contributed by atoms with Gasteiger partial charge in [0.05, 0.1) is 26.8 Å². The molecular weight excluding hydrogens is 578 g/mol. The third-order valence-corrected chi connectivity index (χ3v) is 8.96. The summed E-state index contributed by atoms with van der Waals surface area (Å²) >= 11 is 0. The molecule has 0 radical (unpaired) electrons. The van der Waals surface area contributed by atoms with Gasteiger partial charge in [0.2, 0.25) is 5.43 Å². The average molecular weight is 597 g/mol. The number of hydrogen-bond acceptors (Lipinski definition) is 4. The predicted octanol–water partition coefficient (Wildman–Crippen LogP) is 8.03. The highest BCUT2D eigenvalue weighted by molar-refractivity contribution is 7.85. The zero-order valence-corrected chi connectivity index (χ0v) is 22.0. The summed E-state index contributed by atoms with van der Waals surface area (Å²) in [6.07, 6.45) is -10.4. The van der Waals surface area contributed by atoms with Crippen LogP contribution in [-0.2, 0) is 22.5 Å². The highest BCUT2D eigenvalue weighted by Gasteiger charge is 2.37. The SMILES string of the molecule is Cc1ccc(-[s+]2c3ccccc3c(=O)c3ccccc32)cc1.O=S(=O)([O-])c1cc(C(F)(F)F)cc(C(F)(F)F)c1. The van der Waals surface area contributed by atoms with E-state index in [0.29, 0.717) is 0 Å². The molecule has 0 N–H and O–H groups in total. The number of rotatable bonds is 2. The zero-order valence-electron chi connectivity index (χ0n) is 20.4. The van der Waals surface area contributed by atoms with Gasteiger partial charge >= 0.3 is 12.4 Å². The lowest BCUT2D eigenvalue weighted by Crippen LogP contribution is -2.13. The first kappa shape index (κ1) is 29.2. The van der Waals surface area contributed by atoms with Gasteiger partial charge in [-0.15, -0.1) is 0 Å². The van der Waals surface area contributed by atoms with Gasteiger partial charge in [-0.25, -0.2) is 8.42 Å². The lowest BCUT2D eigenvalue weighted by molar-refractivity contribution is -0.143. The van der Waals surface area contributed by atoms with Gasteiger partial charge in [0.1, 0.15) is 10.1 Å². The van der Waals surface area contributed by atoms with Crippen molar-refractivity contribution in [2.75, 3.05) is 0 Å². The summed E-state index contributed by atoms with van der Waals surface area (Å²) in [4.78, 5) is 12.4. The molecule has 0 aliphatic carbocycles. The minimum Gasteiger partial charge on any atom is -0.744 e. The van der Waals surface area contributed by atoms with Gasteiger partial charge in [-0.1, -0.05) is 42.0 Å². The van der Waals surface area contributed by atoms with Gasteiger partial charge in [-0.05, 0) is 61.5 Å². The standard InChI is InChI=1S/C20H15OS.C8H4F6O3S/c1-14-10-12-15(13-11-14)22-18-8-4-2-6-16(18)20(21)17-7-3-5-9-19(17)22;9-7(10,11)4-1-5(8(12,13)14)3-6(2-4)18(15,16)17/h2-13H,1H3;1-3H,(H,15,16,17)/q+1;/p-1. The number of benzene rings is 4. The Bertz CT molecular complexity index is 1780. The van der Waals surface area contributed by atoms with Crippen molar-refractivity contribution in [1.29, 1.82) is 0 Å². The Morgan fingerprint density at radius 1 is 0.675 bits per heavy atom. The summed E-state index contributed by atoms with van der Waals surface area (Å²) in [6, 6.07) is 24.1. The molecule has 208 valence electrons. The number of hydrogen-bond donors (Lipinski definition) is 0. The van der Waals surface area contributed by atoms with E-state index in [2.05, 4.69) is 43.3 Å². The van der Waals surface area contributed by atoms with E-state index in [0.717, 1.165) is 20.2 Å². The number of aryl methyl sites for hydroxylation is 1. The first-order valence-corrected chi connectivity index (χ1v) is 14.0. The quantitative estimate of drug-likeness (QED) is 0.0895. The second-order valence-corrected chi connectivity index (χ2v) is 12.0. The first-order chi connectivity index (χ1) is 18.6. The van der Waals surface area contributed by atoms with Gasteiger partial charge in [-0.2, -0.15) is 26.3 Å². The second kappa shape index (κ2) is 10.7. The van der Waals surface area contributed by atoms with Gasteiger partial charge in [0, 0.05) is 10.5 Å². The van der Waals surface area contributed by atoms with Crippen LogP contribution in [0.25, 0.3) is 25.1 Å². The van der Waals surface area contributed by atoms with Crippen molar-refractivity contribution in [3.63, 3.8) is 0 Å². The Morgan fingerprint density at radius 2 is 1.10 bits per heavy atom. The van der Waals surface area contributed by atoms with Crippen molar-refractivity contribution in [2.45, 2.75) is 24.2 Å². The molecule has 0 saturated heterocycles. The summed E-state index contributed by atoms with van der Waals surface area (Å²) in [5, 5.41) is 1.68. The molecule has 5 rings (SSSR count). The molecule has 1 heterocycles. The average Bonchev–Trinajstić information content (AvgIpc) is 2.88. The van der Waals surface area contributed by atoms with Crippen LogP contribution >= 0.6 is 10.5 Å². The highest BCUT2D eigenvalue weighted by Crippen LogP contribution is 2.43. The molecule has 0 aliphatic heterocycles. The van der Waals surface area contributed by atoms with Crippen molar-refractivity contribution in [2.24, 2.45) is 0 Å². The van der Waals surface area contributed by atoms with Gasteiger partial charge in [0.15, 0.2) is 14.3 Å². The Hall–Kier alpha value is -3.74. The van der Waals surface area contributed by atoms with Crippen molar-refractivity contribution in [3.05, 3.63) is 118 Å². The van der Waals surface area contributed by atoms with Gasteiger partial charge < -0.3 is 4.55 Å². The van der Waals surface area contributed by atoms with E-state index in [9.17, 15) is 44.1 Å². The second-order valence-electron chi connectivity index (χ2n) is 8.64. The van der Waals surface area contributed by atoms with E-state index in [1.54, 1.807) is 0 Å². The van der Waals surface area contributed by atoms with E-state index in [1.807, 2.05) is 36.4 Å². The molecule has 12 heteroatoms. The molecular formula is C28H18F6O4S2. The molecule has 0 unspecified atom stereocenters. The summed E-state index contributed by atoms with van der Waals surface area (Å²) in [6.45, 7) is 2.10. The smallest absolute Gasteiger partial charge is 0.416 e.